The van der Waals surface area contributed by atoms with E-state index in [9.17, 15) is 4.79 Å². The fourth-order valence-corrected chi connectivity index (χ4v) is 2.61. The average Bonchev–Trinajstić information content (AvgIpc) is 2.87. The summed E-state index contributed by atoms with van der Waals surface area (Å²) in [7, 11) is 0. The van der Waals surface area contributed by atoms with Gasteiger partial charge in [-0.3, -0.25) is 5.32 Å². The van der Waals surface area contributed by atoms with E-state index in [1.807, 2.05) is 48.5 Å². The number of rotatable bonds is 3. The molecule has 1 aliphatic carbocycles. The number of ether oxygens (including phenoxy) is 1. The molecule has 2 aromatic rings. The number of aryl methyl sites for hydroxylation is 1. The molecular weight excluding hydrogens is 264 g/mol. The molecule has 3 N–H and O–H groups in total. The Morgan fingerprint density at radius 1 is 1.24 bits per heavy atom. The monoisotopic (exact) mass is 282 g/mol. The standard InChI is InChI=1S/C17H18N2O2/c18-16-9-6-13-10-14(7-8-15(13)16)19-17(20)21-11-12-4-2-1-3-5-12/h1-5,7-8,10,16H,6,9,11,18H2,(H,19,20)/t16-/m0/s1. The van der Waals surface area contributed by atoms with Crippen molar-refractivity contribution in [3.05, 3.63) is 65.2 Å². The zero-order valence-corrected chi connectivity index (χ0v) is 11.7. The van der Waals surface area contributed by atoms with Crippen LogP contribution in [0.3, 0.4) is 0 Å². The molecule has 2 aromatic carbocycles. The van der Waals surface area contributed by atoms with Crippen molar-refractivity contribution in [2.45, 2.75) is 25.5 Å². The van der Waals surface area contributed by atoms with E-state index in [2.05, 4.69) is 5.32 Å². The first-order valence-corrected chi connectivity index (χ1v) is 7.08. The van der Waals surface area contributed by atoms with Crippen LogP contribution in [0.5, 0.6) is 0 Å². The van der Waals surface area contributed by atoms with Gasteiger partial charge >= 0.3 is 6.09 Å². The van der Waals surface area contributed by atoms with Crippen molar-refractivity contribution in [2.24, 2.45) is 5.73 Å². The van der Waals surface area contributed by atoms with Crippen LogP contribution in [0, 0.1) is 0 Å². The second kappa shape index (κ2) is 5.97. The molecule has 3 rings (SSSR count). The second-order valence-corrected chi connectivity index (χ2v) is 5.25. The third-order valence-electron chi connectivity index (χ3n) is 3.73. The number of hydrogen-bond donors (Lipinski definition) is 2. The second-order valence-electron chi connectivity index (χ2n) is 5.25. The van der Waals surface area contributed by atoms with Gasteiger partial charge in [-0.1, -0.05) is 36.4 Å². The lowest BCUT2D eigenvalue weighted by molar-refractivity contribution is 0.155. The van der Waals surface area contributed by atoms with Gasteiger partial charge in [-0.25, -0.2) is 4.79 Å². The molecule has 1 atom stereocenters. The molecule has 108 valence electrons. The normalized spacial score (nSPS) is 16.3. The van der Waals surface area contributed by atoms with E-state index in [-0.39, 0.29) is 12.6 Å². The molecule has 0 aromatic heterocycles. The van der Waals surface area contributed by atoms with Crippen molar-refractivity contribution >= 4 is 11.8 Å². The van der Waals surface area contributed by atoms with Crippen LogP contribution in [0.25, 0.3) is 0 Å². The van der Waals surface area contributed by atoms with E-state index in [1.165, 1.54) is 11.1 Å². The van der Waals surface area contributed by atoms with E-state index >= 15 is 0 Å². The Balaban J connectivity index is 1.58. The van der Waals surface area contributed by atoms with Gasteiger partial charge in [0.05, 0.1) is 0 Å². The summed E-state index contributed by atoms with van der Waals surface area (Å²) in [6.45, 7) is 0.266. The summed E-state index contributed by atoms with van der Waals surface area (Å²) in [6.07, 6.45) is 1.49. The van der Waals surface area contributed by atoms with Gasteiger partial charge in [0.25, 0.3) is 0 Å². The van der Waals surface area contributed by atoms with Crippen molar-refractivity contribution in [1.82, 2.24) is 0 Å². The molecule has 1 amide bonds. The van der Waals surface area contributed by atoms with Crippen LogP contribution in [0.4, 0.5) is 10.5 Å². The Bertz CT molecular complexity index is 640. The minimum absolute atomic E-state index is 0.124. The third kappa shape index (κ3) is 3.23. The molecule has 0 saturated carbocycles. The molecule has 4 heteroatoms. The van der Waals surface area contributed by atoms with Crippen molar-refractivity contribution in [1.29, 1.82) is 0 Å². The van der Waals surface area contributed by atoms with Gasteiger partial charge in [-0.2, -0.15) is 0 Å². The summed E-state index contributed by atoms with van der Waals surface area (Å²) in [6, 6.07) is 15.6. The molecule has 1 aliphatic rings. The van der Waals surface area contributed by atoms with E-state index in [0.29, 0.717) is 0 Å². The number of nitrogens with one attached hydrogen (secondary N) is 1. The highest BCUT2D eigenvalue weighted by atomic mass is 16.5. The van der Waals surface area contributed by atoms with Gasteiger partial charge in [0.2, 0.25) is 0 Å². The fraction of sp³-hybridized carbons (Fsp3) is 0.235. The van der Waals surface area contributed by atoms with E-state index in [0.717, 1.165) is 24.1 Å². The average molecular weight is 282 g/mol. The van der Waals surface area contributed by atoms with Gasteiger partial charge in [0, 0.05) is 11.7 Å². The number of hydrogen-bond acceptors (Lipinski definition) is 3. The van der Waals surface area contributed by atoms with E-state index in [4.69, 9.17) is 10.5 Å². The summed E-state index contributed by atoms with van der Waals surface area (Å²) in [5.74, 6) is 0. The minimum Gasteiger partial charge on any atom is -0.444 e. The lowest BCUT2D eigenvalue weighted by Gasteiger charge is -2.09. The smallest absolute Gasteiger partial charge is 0.411 e. The Morgan fingerprint density at radius 3 is 2.86 bits per heavy atom. The zero-order valence-electron chi connectivity index (χ0n) is 11.7. The minimum atomic E-state index is -0.443. The molecule has 0 saturated heterocycles. The Morgan fingerprint density at radius 2 is 2.05 bits per heavy atom. The van der Waals surface area contributed by atoms with Crippen molar-refractivity contribution < 1.29 is 9.53 Å². The summed E-state index contributed by atoms with van der Waals surface area (Å²) in [5, 5.41) is 2.75. The maximum absolute atomic E-state index is 11.8. The number of carbonyl (C=O) groups is 1. The number of amides is 1. The maximum atomic E-state index is 11.8. The van der Waals surface area contributed by atoms with Gasteiger partial charge in [0.15, 0.2) is 0 Å². The molecular formula is C17H18N2O2. The highest BCUT2D eigenvalue weighted by Gasteiger charge is 2.19. The lowest BCUT2D eigenvalue weighted by Crippen LogP contribution is -2.13. The molecule has 0 heterocycles. The summed E-state index contributed by atoms with van der Waals surface area (Å²) < 4.78 is 5.20. The number of nitrogens with two attached hydrogens (primary N) is 1. The number of benzene rings is 2. The summed E-state index contributed by atoms with van der Waals surface area (Å²) in [5.41, 5.74) is 10.1. The third-order valence-corrected chi connectivity index (χ3v) is 3.73. The fourth-order valence-electron chi connectivity index (χ4n) is 2.61. The highest BCUT2D eigenvalue weighted by Crippen LogP contribution is 2.31. The van der Waals surface area contributed by atoms with Crippen molar-refractivity contribution in [2.75, 3.05) is 5.32 Å². The molecule has 0 fully saturated rings. The predicted octanol–water partition coefficient (Wildman–Crippen LogP) is 3.38. The summed E-state index contributed by atoms with van der Waals surface area (Å²) >= 11 is 0. The van der Waals surface area contributed by atoms with Gasteiger partial charge in [-0.05, 0) is 41.7 Å². The van der Waals surface area contributed by atoms with Crippen LogP contribution in [0.2, 0.25) is 0 Å². The molecule has 0 spiro atoms. The number of carbonyl (C=O) groups excluding carboxylic acids is 1. The molecule has 0 aliphatic heterocycles. The maximum Gasteiger partial charge on any atom is 0.411 e. The highest BCUT2D eigenvalue weighted by molar-refractivity contribution is 5.84. The van der Waals surface area contributed by atoms with Crippen molar-refractivity contribution in [3.63, 3.8) is 0 Å². The largest absolute Gasteiger partial charge is 0.444 e. The topological polar surface area (TPSA) is 64.3 Å². The number of anilines is 1. The first kappa shape index (κ1) is 13.6. The number of fused-ring (bicyclic) bond motifs is 1. The van der Waals surface area contributed by atoms with Crippen LogP contribution >= 0.6 is 0 Å². The lowest BCUT2D eigenvalue weighted by atomic mass is 10.1. The van der Waals surface area contributed by atoms with E-state index in [1.54, 1.807) is 0 Å². The Kier molecular flexibility index (Phi) is 3.88. The predicted molar refractivity (Wildman–Crippen MR) is 81.9 cm³/mol. The Hall–Kier alpha value is -2.33. The molecule has 0 radical (unpaired) electrons. The van der Waals surface area contributed by atoms with Crippen LogP contribution < -0.4 is 11.1 Å². The first-order chi connectivity index (χ1) is 10.2. The molecule has 21 heavy (non-hydrogen) atoms. The van der Waals surface area contributed by atoms with Gasteiger partial charge < -0.3 is 10.5 Å². The van der Waals surface area contributed by atoms with Crippen LogP contribution in [0.15, 0.2) is 48.5 Å². The first-order valence-electron chi connectivity index (χ1n) is 7.08. The molecule has 4 nitrogen and oxygen atoms in total. The SMILES string of the molecule is N[C@H]1CCc2cc(NC(=O)OCc3ccccc3)ccc21. The quantitative estimate of drug-likeness (QED) is 0.907. The van der Waals surface area contributed by atoms with Crippen LogP contribution in [0.1, 0.15) is 29.2 Å². The van der Waals surface area contributed by atoms with Crippen LogP contribution in [-0.2, 0) is 17.8 Å². The van der Waals surface area contributed by atoms with Crippen molar-refractivity contribution in [3.8, 4) is 0 Å². The van der Waals surface area contributed by atoms with Gasteiger partial charge in [0.1, 0.15) is 6.61 Å². The van der Waals surface area contributed by atoms with E-state index < -0.39 is 6.09 Å². The van der Waals surface area contributed by atoms with Crippen LogP contribution in [-0.4, -0.2) is 6.09 Å². The zero-order chi connectivity index (χ0) is 14.7. The molecule has 0 bridgehead atoms. The van der Waals surface area contributed by atoms with Gasteiger partial charge in [-0.15, -0.1) is 0 Å². The molecule has 0 unspecified atom stereocenters. The Labute approximate surface area is 123 Å². The summed E-state index contributed by atoms with van der Waals surface area (Å²) in [4.78, 5) is 11.8.